The molecule has 0 spiro atoms. The monoisotopic (exact) mass is 425 g/mol. The highest BCUT2D eigenvalue weighted by Crippen LogP contribution is 2.41. The molecule has 160 valence electrons. The maximum atomic E-state index is 9.38. The van der Waals surface area contributed by atoms with Gasteiger partial charge in [-0.15, -0.1) is 11.3 Å². The third-order valence-electron chi connectivity index (χ3n) is 5.73. The van der Waals surface area contributed by atoms with Crippen molar-refractivity contribution >= 4 is 16.9 Å². The van der Waals surface area contributed by atoms with Crippen LogP contribution in [0.1, 0.15) is 55.8 Å². The lowest BCUT2D eigenvalue weighted by molar-refractivity contribution is 0.0295. The van der Waals surface area contributed by atoms with Crippen LogP contribution in [-0.4, -0.2) is 34.9 Å². The summed E-state index contributed by atoms with van der Waals surface area (Å²) in [5, 5.41) is 13.9. The van der Waals surface area contributed by atoms with Gasteiger partial charge in [-0.3, -0.25) is 0 Å². The summed E-state index contributed by atoms with van der Waals surface area (Å²) in [5.74, 6) is 0. The van der Waals surface area contributed by atoms with E-state index in [9.17, 15) is 5.11 Å². The number of hydrogen-bond acceptors (Lipinski definition) is 6. The Bertz CT molecular complexity index is 963. The van der Waals surface area contributed by atoms with Gasteiger partial charge in [-0.05, 0) is 62.8 Å². The molecule has 1 aromatic carbocycles. The van der Waals surface area contributed by atoms with Crippen LogP contribution < -0.4 is 11.1 Å². The Labute approximate surface area is 182 Å². The molecule has 4 N–H and O–H groups in total. The Morgan fingerprint density at radius 1 is 1.33 bits per heavy atom. The molecular formula is C24H31N3O2S. The summed E-state index contributed by atoms with van der Waals surface area (Å²) in [6, 6.07) is 6.93. The van der Waals surface area contributed by atoms with Crippen LogP contribution in [0.25, 0.3) is 16.0 Å². The van der Waals surface area contributed by atoms with Crippen LogP contribution in [-0.2, 0) is 11.2 Å². The third kappa shape index (κ3) is 4.37. The number of aliphatic hydroxyl groups is 1. The van der Waals surface area contributed by atoms with Gasteiger partial charge < -0.3 is 20.9 Å². The van der Waals surface area contributed by atoms with Crippen molar-refractivity contribution in [2.24, 2.45) is 5.73 Å². The van der Waals surface area contributed by atoms with Crippen LogP contribution in [0.15, 0.2) is 42.2 Å². The lowest BCUT2D eigenvalue weighted by atomic mass is 10.0. The minimum absolute atomic E-state index is 0.0451. The molecule has 1 aromatic heterocycles. The zero-order chi connectivity index (χ0) is 21.3. The molecule has 2 aromatic rings. The molecule has 30 heavy (non-hydrogen) atoms. The van der Waals surface area contributed by atoms with Gasteiger partial charge in [0.05, 0.1) is 17.6 Å². The molecule has 0 fully saturated rings. The second-order valence-corrected chi connectivity index (χ2v) is 9.49. The van der Waals surface area contributed by atoms with E-state index in [-0.39, 0.29) is 24.9 Å². The van der Waals surface area contributed by atoms with E-state index in [2.05, 4.69) is 29.6 Å². The molecule has 1 heterocycles. The Balaban J connectivity index is 1.56. The summed E-state index contributed by atoms with van der Waals surface area (Å²) in [5.41, 5.74) is 12.1. The van der Waals surface area contributed by atoms with Gasteiger partial charge >= 0.3 is 0 Å². The number of thiazole rings is 1. The van der Waals surface area contributed by atoms with Crippen molar-refractivity contribution in [2.75, 3.05) is 6.61 Å². The highest BCUT2D eigenvalue weighted by Gasteiger charge is 2.26. The van der Waals surface area contributed by atoms with E-state index in [0.29, 0.717) is 6.04 Å². The van der Waals surface area contributed by atoms with Crippen molar-refractivity contribution in [2.45, 2.75) is 64.3 Å². The van der Waals surface area contributed by atoms with Crippen molar-refractivity contribution in [1.29, 1.82) is 0 Å². The Hall–Kier alpha value is -1.99. The number of aliphatic hydroxyl groups excluding tert-OH is 1. The summed E-state index contributed by atoms with van der Waals surface area (Å²) < 4.78 is 5.88. The number of rotatable bonds is 7. The van der Waals surface area contributed by atoms with Crippen LogP contribution >= 0.6 is 11.3 Å². The molecule has 2 aliphatic carbocycles. The largest absolute Gasteiger partial charge is 0.400 e. The van der Waals surface area contributed by atoms with E-state index in [1.54, 1.807) is 11.3 Å². The number of benzene rings is 1. The molecule has 0 saturated carbocycles. The second-order valence-electron chi connectivity index (χ2n) is 8.46. The van der Waals surface area contributed by atoms with Crippen molar-refractivity contribution in [3.05, 3.63) is 58.4 Å². The quantitative estimate of drug-likeness (QED) is 0.620. The van der Waals surface area contributed by atoms with E-state index >= 15 is 0 Å². The lowest BCUT2D eigenvalue weighted by Gasteiger charge is -2.23. The van der Waals surface area contributed by atoms with E-state index in [4.69, 9.17) is 15.5 Å². The molecule has 0 amide bonds. The Kier molecular flexibility index (Phi) is 6.39. The number of allylic oxidation sites excluding steroid dienone is 2. The number of nitrogens with two attached hydrogens (primary N) is 1. The van der Waals surface area contributed by atoms with Gasteiger partial charge in [-0.2, -0.15) is 0 Å². The summed E-state index contributed by atoms with van der Waals surface area (Å²) in [7, 11) is 0. The standard InChI is InChI=1S/C24H31N3O2S/c1-14(2)29-22-10-7-16(11-20(22)25)24-26-12-23(30-24)19-6-4-5-18-17(19)8-9-21(18)27-15(3)13-28/h4-7,11-12,14-15,21-22,27-28H,8-10,13,25H2,1-3H3/t15-,21?,22?/m1/s1. The number of nitrogens with one attached hydrogen (secondary N) is 1. The molecule has 3 atom stereocenters. The van der Waals surface area contributed by atoms with Crippen molar-refractivity contribution in [3.63, 3.8) is 0 Å². The van der Waals surface area contributed by atoms with Gasteiger partial charge in [0.15, 0.2) is 0 Å². The normalized spacial score (nSPS) is 22.0. The van der Waals surface area contributed by atoms with E-state index < -0.39 is 0 Å². The van der Waals surface area contributed by atoms with Crippen molar-refractivity contribution < 1.29 is 9.84 Å². The molecule has 6 heteroatoms. The number of fused-ring (bicyclic) bond motifs is 1. The van der Waals surface area contributed by atoms with Crippen LogP contribution in [0.4, 0.5) is 0 Å². The van der Waals surface area contributed by atoms with Crippen molar-refractivity contribution in [3.8, 4) is 10.4 Å². The lowest BCUT2D eigenvalue weighted by Crippen LogP contribution is -2.32. The van der Waals surface area contributed by atoms with Crippen LogP contribution in [0.3, 0.4) is 0 Å². The van der Waals surface area contributed by atoms with Gasteiger partial charge in [-0.25, -0.2) is 4.98 Å². The molecule has 2 unspecified atom stereocenters. The topological polar surface area (TPSA) is 80.4 Å². The highest BCUT2D eigenvalue weighted by molar-refractivity contribution is 7.16. The summed E-state index contributed by atoms with van der Waals surface area (Å²) in [4.78, 5) is 5.89. The minimum atomic E-state index is -0.0451. The maximum Gasteiger partial charge on any atom is 0.123 e. The number of aromatic nitrogens is 1. The Morgan fingerprint density at radius 3 is 2.90 bits per heavy atom. The first kappa shape index (κ1) is 21.2. The van der Waals surface area contributed by atoms with Crippen LogP contribution in [0.2, 0.25) is 0 Å². The van der Waals surface area contributed by atoms with Crippen LogP contribution in [0, 0.1) is 0 Å². The molecule has 0 bridgehead atoms. The van der Waals surface area contributed by atoms with E-state index in [1.165, 1.54) is 21.6 Å². The fraction of sp³-hybridized carbons (Fsp3) is 0.458. The van der Waals surface area contributed by atoms with Gasteiger partial charge in [0.25, 0.3) is 0 Å². The van der Waals surface area contributed by atoms with Crippen molar-refractivity contribution in [1.82, 2.24) is 10.3 Å². The zero-order valence-electron chi connectivity index (χ0n) is 17.9. The first-order valence-corrected chi connectivity index (χ1v) is 11.6. The average Bonchev–Trinajstić information content (AvgIpc) is 3.37. The highest BCUT2D eigenvalue weighted by atomic mass is 32.1. The van der Waals surface area contributed by atoms with Gasteiger partial charge in [0.2, 0.25) is 0 Å². The van der Waals surface area contributed by atoms with Crippen LogP contribution in [0.5, 0.6) is 0 Å². The predicted octanol–water partition coefficient (Wildman–Crippen LogP) is 4.19. The Morgan fingerprint density at radius 2 is 2.17 bits per heavy atom. The number of hydrogen-bond donors (Lipinski definition) is 3. The molecule has 0 saturated heterocycles. The minimum Gasteiger partial charge on any atom is -0.400 e. The SMILES string of the molecule is CC(C)OC1CC=C(c2ncc(-c3cccc4c3CCC4N[C@H](C)CO)s2)C=C1N. The first-order valence-electron chi connectivity index (χ1n) is 10.7. The maximum absolute atomic E-state index is 9.38. The molecule has 4 rings (SSSR count). The summed E-state index contributed by atoms with van der Waals surface area (Å²) >= 11 is 1.71. The predicted molar refractivity (Wildman–Crippen MR) is 123 cm³/mol. The molecular weight excluding hydrogens is 394 g/mol. The van der Waals surface area contributed by atoms with E-state index in [1.807, 2.05) is 33.0 Å². The van der Waals surface area contributed by atoms with E-state index in [0.717, 1.165) is 35.5 Å². The fourth-order valence-electron chi connectivity index (χ4n) is 4.30. The fourth-order valence-corrected chi connectivity index (χ4v) is 5.28. The first-order chi connectivity index (χ1) is 14.5. The average molecular weight is 426 g/mol. The molecule has 5 nitrogen and oxygen atoms in total. The molecule has 0 radical (unpaired) electrons. The number of nitrogens with zero attached hydrogens (tertiary/aromatic N) is 1. The van der Waals surface area contributed by atoms with Gasteiger partial charge in [0.1, 0.15) is 11.1 Å². The number of ether oxygens (including phenoxy) is 1. The third-order valence-corrected chi connectivity index (χ3v) is 6.81. The molecule has 0 aliphatic heterocycles. The summed E-state index contributed by atoms with van der Waals surface area (Å²) in [6.07, 6.45) is 9.15. The second kappa shape index (κ2) is 9.02. The summed E-state index contributed by atoms with van der Waals surface area (Å²) in [6.45, 7) is 6.23. The van der Waals surface area contributed by atoms with Gasteiger partial charge in [0, 0.05) is 29.6 Å². The smallest absolute Gasteiger partial charge is 0.123 e. The van der Waals surface area contributed by atoms with Gasteiger partial charge in [-0.1, -0.05) is 24.3 Å². The zero-order valence-corrected chi connectivity index (χ0v) is 18.7. The molecule has 2 aliphatic rings.